The number of alkyl halides is 19. The Balaban J connectivity index is 0. The van der Waals surface area contributed by atoms with Gasteiger partial charge in [0.1, 0.15) is 5.56 Å². The molecule has 0 bridgehead atoms. The Kier molecular flexibility index (Phi) is 14.3. The van der Waals surface area contributed by atoms with Crippen LogP contribution in [-0.4, -0.2) is 115 Å². The molecule has 0 spiro atoms. The summed E-state index contributed by atoms with van der Waals surface area (Å²) in [6.45, 7) is 0. The van der Waals surface area contributed by atoms with Crippen LogP contribution < -0.4 is 5.14 Å². The molecule has 0 amide bonds. The predicted octanol–water partition coefficient (Wildman–Crippen LogP) is 6.26. The van der Waals surface area contributed by atoms with Gasteiger partial charge in [-0.05, 0) is 4.53 Å². The first-order chi connectivity index (χ1) is 20.5. The van der Waals surface area contributed by atoms with Crippen LogP contribution in [0.4, 0.5) is 110 Å². The number of benzene rings is 1. The molecule has 0 radical (unpaired) electrons. The molecule has 0 saturated carbocycles. The van der Waals surface area contributed by atoms with Crippen molar-refractivity contribution in [3.05, 3.63) is 34.6 Å². The number of rotatable bonds is 10. The second kappa shape index (κ2) is 14.1. The van der Waals surface area contributed by atoms with Gasteiger partial charge >= 0.3 is 114 Å². The van der Waals surface area contributed by atoms with Gasteiger partial charge < -0.3 is 0 Å². The number of nitrogens with two attached hydrogens (primary N) is 1. The summed E-state index contributed by atoms with van der Waals surface area (Å²) in [5, 5.41) is -10.1. The molecule has 0 aromatic heterocycles. The Morgan fingerprint density at radius 3 is 0.939 bits per heavy atom. The van der Waals surface area contributed by atoms with E-state index in [2.05, 4.69) is 5.14 Å². The SMILES string of the molecule is NS(=O)(=O)C(F)(F)C(F)(F)C(F)(F)C(F)(F)C(F)(F)C(F)(F)C(F)(F)C(F)(F)F.O=S(=O)(OF)C(F)(F)c1c(F)c(F)c(F)c(F)c1F.[KH]. The van der Waals surface area contributed by atoms with Gasteiger partial charge in [-0.15, -0.1) is 0 Å². The average molecular weight is 855 g/mol. The van der Waals surface area contributed by atoms with Gasteiger partial charge in [0.15, 0.2) is 23.3 Å². The maximum absolute atomic E-state index is 13.1. The number of sulfonamides is 1. The zero-order valence-corrected chi connectivity index (χ0v) is 22.0. The van der Waals surface area contributed by atoms with Crippen LogP contribution in [0.5, 0.6) is 0 Å². The van der Waals surface area contributed by atoms with Crippen molar-refractivity contribution >= 4 is 71.5 Å². The van der Waals surface area contributed by atoms with Gasteiger partial charge in [0, 0.05) is 0 Å². The van der Waals surface area contributed by atoms with E-state index in [0.717, 1.165) is 0 Å². The molecule has 34 heteroatoms. The van der Waals surface area contributed by atoms with E-state index in [1.54, 1.807) is 0 Å². The van der Waals surface area contributed by atoms with E-state index in [1.807, 2.05) is 4.39 Å². The van der Waals surface area contributed by atoms with E-state index in [-0.39, 0.29) is 51.4 Å². The maximum atomic E-state index is 13.1. The first-order valence-electron chi connectivity index (χ1n) is 9.67. The molecule has 2 N–H and O–H groups in total. The van der Waals surface area contributed by atoms with Gasteiger partial charge in [0.2, 0.25) is 5.82 Å². The number of hydrogen-bond acceptors (Lipinski definition) is 5. The van der Waals surface area contributed by atoms with E-state index in [9.17, 15) is 127 Å². The molecule has 6 nitrogen and oxygen atoms in total. The van der Waals surface area contributed by atoms with Crippen LogP contribution in [0.25, 0.3) is 0 Å². The Labute approximate surface area is 293 Å². The summed E-state index contributed by atoms with van der Waals surface area (Å²) in [6, 6.07) is 0. The summed E-state index contributed by atoms with van der Waals surface area (Å²) in [4.78, 5) is 0. The molecule has 1 aromatic rings. The van der Waals surface area contributed by atoms with Crippen molar-refractivity contribution in [2.24, 2.45) is 5.14 Å². The van der Waals surface area contributed by atoms with Gasteiger partial charge in [-0.1, -0.05) is 4.39 Å². The normalized spacial score (nSPS) is 15.0. The Hall–Kier alpha value is -1.07. The van der Waals surface area contributed by atoms with E-state index in [0.29, 0.717) is 0 Å². The molecule has 0 aliphatic heterocycles. The molecule has 286 valence electrons. The topological polar surface area (TPSA) is 104 Å². The van der Waals surface area contributed by atoms with Gasteiger partial charge in [-0.25, -0.2) is 35.5 Å². The minimum atomic E-state index is -8.84. The summed E-state index contributed by atoms with van der Waals surface area (Å²) >= 11 is 0. The molecule has 0 unspecified atom stereocenters. The van der Waals surface area contributed by atoms with Crippen molar-refractivity contribution in [3.63, 3.8) is 0 Å². The van der Waals surface area contributed by atoms with Crippen LogP contribution in [0.3, 0.4) is 0 Å². The molecule has 0 heterocycles. The molecule has 0 saturated heterocycles. The van der Waals surface area contributed by atoms with E-state index >= 15 is 0 Å². The second-order valence-corrected chi connectivity index (χ2v) is 11.1. The fourth-order valence-electron chi connectivity index (χ4n) is 2.35. The van der Waals surface area contributed by atoms with Gasteiger partial charge in [-0.3, -0.25) is 0 Å². The summed E-state index contributed by atoms with van der Waals surface area (Å²) < 4.78 is 360. The Bertz CT molecular complexity index is 1580. The third-order valence-electron chi connectivity index (χ3n) is 4.95. The molecule has 1 rings (SSSR count). The van der Waals surface area contributed by atoms with Crippen LogP contribution in [0.1, 0.15) is 5.56 Å². The van der Waals surface area contributed by atoms with Crippen molar-refractivity contribution in [3.8, 4) is 0 Å². The number of hydrogen-bond donors (Lipinski definition) is 1. The van der Waals surface area contributed by atoms with Crippen molar-refractivity contribution < 1.29 is 131 Å². The van der Waals surface area contributed by atoms with Crippen LogP contribution in [0.15, 0.2) is 0 Å². The molecule has 0 aliphatic carbocycles. The standard InChI is InChI=1S/C8H2F17NO2S.C7F8O3S.K.H/c9-1(10,3(13,14)5(17,18)7(21,22)23)2(11,12)4(15,16)6(19,20)8(24,25)29(26,27)28;8-2-1(7(13,14)19(16,17)18-15)3(9)5(11)6(12)4(2)10;;/h(H2,26,27,28);;;. The van der Waals surface area contributed by atoms with E-state index in [1.165, 1.54) is 0 Å². The molecule has 0 aliphatic rings. The van der Waals surface area contributed by atoms with Crippen LogP contribution in [0, 0.1) is 29.1 Å². The molecule has 1 aromatic carbocycles. The summed E-state index contributed by atoms with van der Waals surface area (Å²) in [5.74, 6) is -66.3. The van der Waals surface area contributed by atoms with E-state index < -0.39 is 107 Å². The van der Waals surface area contributed by atoms with E-state index in [4.69, 9.17) is 0 Å². The van der Waals surface area contributed by atoms with Gasteiger partial charge in [0.05, 0.1) is 0 Å². The minimum absolute atomic E-state index is 0. The molecular weight excluding hydrogens is 852 g/mol. The molecule has 49 heavy (non-hydrogen) atoms. The van der Waals surface area contributed by atoms with Gasteiger partial charge in [0.25, 0.3) is 10.0 Å². The third-order valence-corrected chi connectivity index (χ3v) is 6.92. The van der Waals surface area contributed by atoms with Crippen LogP contribution >= 0.6 is 0 Å². The summed E-state index contributed by atoms with van der Waals surface area (Å²) in [5.41, 5.74) is -3.04. The number of halogens is 25. The third kappa shape index (κ3) is 7.43. The van der Waals surface area contributed by atoms with Gasteiger partial charge in [-0.2, -0.15) is 91.8 Å². The zero-order valence-electron chi connectivity index (χ0n) is 20.4. The fourth-order valence-corrected chi connectivity index (χ4v) is 3.35. The predicted molar refractivity (Wildman–Crippen MR) is 102 cm³/mol. The molecule has 0 fully saturated rings. The summed E-state index contributed by atoms with van der Waals surface area (Å²) in [6.07, 6.45) is -7.86. The quantitative estimate of drug-likeness (QED) is 0.130. The second-order valence-electron chi connectivity index (χ2n) is 7.98. The Morgan fingerprint density at radius 1 is 0.449 bits per heavy atom. The van der Waals surface area contributed by atoms with Crippen molar-refractivity contribution in [1.29, 1.82) is 0 Å². The summed E-state index contributed by atoms with van der Waals surface area (Å²) in [7, 11) is -14.0. The number of primary sulfonamides is 1. The van der Waals surface area contributed by atoms with Crippen molar-refractivity contribution in [2.75, 3.05) is 0 Å². The average Bonchev–Trinajstić information content (AvgIpc) is 2.88. The molecular formula is C15H3F25KNO5S2. The van der Waals surface area contributed by atoms with Crippen molar-refractivity contribution in [2.45, 2.75) is 52.2 Å². The molecule has 0 atom stereocenters. The van der Waals surface area contributed by atoms with Crippen molar-refractivity contribution in [1.82, 2.24) is 0 Å². The monoisotopic (exact) mass is 855 g/mol. The first-order valence-corrected chi connectivity index (χ1v) is 12.6. The van der Waals surface area contributed by atoms with Crippen LogP contribution in [0.2, 0.25) is 0 Å². The van der Waals surface area contributed by atoms with Crippen LogP contribution in [-0.2, 0) is 29.8 Å². The fraction of sp³-hybridized carbons (Fsp3) is 0.600. The zero-order chi connectivity index (χ0) is 39.7. The Morgan fingerprint density at radius 2 is 0.694 bits per heavy atom. The first kappa shape index (κ1) is 50.0.